The van der Waals surface area contributed by atoms with E-state index in [4.69, 9.17) is 0 Å². The van der Waals surface area contributed by atoms with Crippen LogP contribution in [0.5, 0.6) is 0 Å². The molecule has 0 aliphatic heterocycles. The Balaban J connectivity index is 2.31. The van der Waals surface area contributed by atoms with E-state index in [1.807, 2.05) is 32.9 Å². The average Bonchev–Trinajstić information content (AvgIpc) is 2.56. The van der Waals surface area contributed by atoms with Crippen molar-refractivity contribution < 1.29 is 4.79 Å². The Bertz CT molecular complexity index is 791. The Labute approximate surface area is 154 Å². The fourth-order valence-electron chi connectivity index (χ4n) is 2.25. The molecule has 1 aromatic heterocycles. The van der Waals surface area contributed by atoms with Gasteiger partial charge >= 0.3 is 0 Å². The summed E-state index contributed by atoms with van der Waals surface area (Å²) in [5.74, 6) is 0.213. The number of nitrogens with one attached hydrogen (secondary N) is 1. The first-order valence-corrected chi connectivity index (χ1v) is 9.86. The number of carbonyl (C=O) groups excluding carboxylic acids is 1. The molecule has 130 valence electrons. The molecule has 0 radical (unpaired) electrons. The summed E-state index contributed by atoms with van der Waals surface area (Å²) >= 11 is 4.70. The molecule has 1 atom stereocenters. The smallest absolute Gasteiger partial charge is 0.262 e. The Morgan fingerprint density at radius 2 is 2.17 bits per heavy atom. The van der Waals surface area contributed by atoms with E-state index in [0.717, 1.165) is 17.3 Å². The lowest BCUT2D eigenvalue weighted by Crippen LogP contribution is -2.33. The molecule has 2 rings (SSSR count). The molecular formula is C17H22BrN3O2S. The SMILES string of the molecule is CCCn1c(SCC(=O)NC(C)CC)nc2ccc(Br)cc2c1=O. The van der Waals surface area contributed by atoms with E-state index in [0.29, 0.717) is 22.6 Å². The number of amides is 1. The predicted octanol–water partition coefficient (Wildman–Crippen LogP) is 3.58. The van der Waals surface area contributed by atoms with Gasteiger partial charge in [0.1, 0.15) is 0 Å². The number of halogens is 1. The molecule has 0 saturated carbocycles. The topological polar surface area (TPSA) is 64.0 Å². The van der Waals surface area contributed by atoms with Crippen LogP contribution in [-0.4, -0.2) is 27.3 Å². The first kappa shape index (κ1) is 19.0. The molecule has 1 N–H and O–H groups in total. The van der Waals surface area contributed by atoms with E-state index in [9.17, 15) is 9.59 Å². The van der Waals surface area contributed by atoms with Crippen LogP contribution in [0.3, 0.4) is 0 Å². The highest BCUT2D eigenvalue weighted by Crippen LogP contribution is 2.20. The van der Waals surface area contributed by atoms with E-state index in [1.165, 1.54) is 11.8 Å². The van der Waals surface area contributed by atoms with E-state index < -0.39 is 0 Å². The molecule has 24 heavy (non-hydrogen) atoms. The third-order valence-electron chi connectivity index (χ3n) is 3.68. The monoisotopic (exact) mass is 411 g/mol. The van der Waals surface area contributed by atoms with Crippen LogP contribution in [0, 0.1) is 0 Å². The molecule has 0 aliphatic rings. The van der Waals surface area contributed by atoms with Crippen molar-refractivity contribution in [2.75, 3.05) is 5.75 Å². The first-order valence-electron chi connectivity index (χ1n) is 8.08. The second-order valence-corrected chi connectivity index (χ2v) is 7.54. The second kappa shape index (κ2) is 8.67. The van der Waals surface area contributed by atoms with Crippen molar-refractivity contribution >= 4 is 44.5 Å². The van der Waals surface area contributed by atoms with Crippen molar-refractivity contribution in [2.45, 2.75) is 51.4 Å². The lowest BCUT2D eigenvalue weighted by molar-refractivity contribution is -0.119. The number of benzene rings is 1. The molecule has 0 spiro atoms. The quantitative estimate of drug-likeness (QED) is 0.558. The molecule has 0 fully saturated rings. The van der Waals surface area contributed by atoms with Crippen molar-refractivity contribution in [1.82, 2.24) is 14.9 Å². The number of carbonyl (C=O) groups is 1. The standard InChI is InChI=1S/C17H22BrN3O2S/c1-4-8-21-16(23)13-9-12(18)6-7-14(13)20-17(21)24-10-15(22)19-11(3)5-2/h6-7,9,11H,4-5,8,10H2,1-3H3,(H,19,22). The largest absolute Gasteiger partial charge is 0.353 e. The minimum absolute atomic E-state index is 0.0393. The molecule has 7 heteroatoms. The highest BCUT2D eigenvalue weighted by Gasteiger charge is 2.14. The highest BCUT2D eigenvalue weighted by atomic mass is 79.9. The van der Waals surface area contributed by atoms with Crippen molar-refractivity contribution in [3.8, 4) is 0 Å². The molecule has 1 aromatic carbocycles. The third-order valence-corrected chi connectivity index (χ3v) is 5.15. The summed E-state index contributed by atoms with van der Waals surface area (Å²) in [4.78, 5) is 29.3. The summed E-state index contributed by atoms with van der Waals surface area (Å²) in [6.07, 6.45) is 1.72. The predicted molar refractivity (Wildman–Crippen MR) is 103 cm³/mol. The molecule has 0 aliphatic carbocycles. The normalized spacial score (nSPS) is 12.3. The number of thioether (sulfide) groups is 1. The second-order valence-electron chi connectivity index (χ2n) is 5.68. The molecule has 0 saturated heterocycles. The molecular weight excluding hydrogens is 390 g/mol. The van der Waals surface area contributed by atoms with Crippen LogP contribution >= 0.6 is 27.7 Å². The zero-order valence-corrected chi connectivity index (χ0v) is 16.5. The number of fused-ring (bicyclic) bond motifs is 1. The summed E-state index contributed by atoms with van der Waals surface area (Å²) in [5.41, 5.74) is 0.591. The fraction of sp³-hybridized carbons (Fsp3) is 0.471. The van der Waals surface area contributed by atoms with Crippen LogP contribution in [-0.2, 0) is 11.3 Å². The first-order chi connectivity index (χ1) is 11.5. The summed E-state index contributed by atoms with van der Waals surface area (Å²) < 4.78 is 2.51. The van der Waals surface area contributed by atoms with Crippen LogP contribution in [0.15, 0.2) is 32.6 Å². The highest BCUT2D eigenvalue weighted by molar-refractivity contribution is 9.10. The zero-order chi connectivity index (χ0) is 17.7. The maximum Gasteiger partial charge on any atom is 0.262 e. The van der Waals surface area contributed by atoms with Crippen LogP contribution in [0.4, 0.5) is 0 Å². The van der Waals surface area contributed by atoms with E-state index in [-0.39, 0.29) is 23.3 Å². The summed E-state index contributed by atoms with van der Waals surface area (Å²) in [6, 6.07) is 5.63. The van der Waals surface area contributed by atoms with Gasteiger partial charge in [0.2, 0.25) is 5.91 Å². The van der Waals surface area contributed by atoms with Crippen molar-refractivity contribution in [3.05, 3.63) is 33.0 Å². The van der Waals surface area contributed by atoms with Gasteiger partial charge in [0.25, 0.3) is 5.56 Å². The summed E-state index contributed by atoms with van der Waals surface area (Å²) in [7, 11) is 0. The summed E-state index contributed by atoms with van der Waals surface area (Å²) in [5, 5.41) is 4.11. The molecule has 5 nitrogen and oxygen atoms in total. The lowest BCUT2D eigenvalue weighted by Gasteiger charge is -2.14. The number of nitrogens with zero attached hydrogens (tertiary/aromatic N) is 2. The minimum atomic E-state index is -0.0621. The van der Waals surface area contributed by atoms with Crippen molar-refractivity contribution in [2.24, 2.45) is 0 Å². The Hall–Kier alpha value is -1.34. The van der Waals surface area contributed by atoms with Gasteiger partial charge < -0.3 is 5.32 Å². The Morgan fingerprint density at radius 3 is 2.83 bits per heavy atom. The fourth-order valence-corrected chi connectivity index (χ4v) is 3.45. The number of hydrogen-bond acceptors (Lipinski definition) is 4. The van der Waals surface area contributed by atoms with Crippen molar-refractivity contribution in [1.29, 1.82) is 0 Å². The zero-order valence-electron chi connectivity index (χ0n) is 14.1. The van der Waals surface area contributed by atoms with Gasteiger partial charge in [-0.3, -0.25) is 14.2 Å². The van der Waals surface area contributed by atoms with E-state index >= 15 is 0 Å². The van der Waals surface area contributed by atoms with Crippen LogP contribution in [0.1, 0.15) is 33.6 Å². The maximum atomic E-state index is 12.7. The Kier molecular flexibility index (Phi) is 6.86. The van der Waals surface area contributed by atoms with Gasteiger partial charge in [-0.15, -0.1) is 0 Å². The van der Waals surface area contributed by atoms with Crippen molar-refractivity contribution in [3.63, 3.8) is 0 Å². The molecule has 1 amide bonds. The molecule has 0 bridgehead atoms. The van der Waals surface area contributed by atoms with Gasteiger partial charge in [-0.25, -0.2) is 4.98 Å². The minimum Gasteiger partial charge on any atom is -0.353 e. The van der Waals surface area contributed by atoms with Crippen LogP contribution in [0.25, 0.3) is 10.9 Å². The maximum absolute atomic E-state index is 12.7. The number of aromatic nitrogens is 2. The van der Waals surface area contributed by atoms with Gasteiger partial charge in [-0.05, 0) is 38.0 Å². The molecule has 1 heterocycles. The van der Waals surface area contributed by atoms with E-state index in [2.05, 4.69) is 26.2 Å². The average molecular weight is 412 g/mol. The number of hydrogen-bond donors (Lipinski definition) is 1. The molecule has 2 aromatic rings. The lowest BCUT2D eigenvalue weighted by atomic mass is 10.2. The van der Waals surface area contributed by atoms with Gasteiger partial charge in [0.05, 0.1) is 16.7 Å². The van der Waals surface area contributed by atoms with Gasteiger partial charge in [-0.2, -0.15) is 0 Å². The van der Waals surface area contributed by atoms with Crippen LogP contribution in [0.2, 0.25) is 0 Å². The van der Waals surface area contributed by atoms with Gasteiger partial charge in [0, 0.05) is 17.1 Å². The van der Waals surface area contributed by atoms with Gasteiger partial charge in [0.15, 0.2) is 5.16 Å². The molecule has 1 unspecified atom stereocenters. The van der Waals surface area contributed by atoms with E-state index in [1.54, 1.807) is 10.6 Å². The Morgan fingerprint density at radius 1 is 1.42 bits per heavy atom. The summed E-state index contributed by atoms with van der Waals surface area (Å²) in [6.45, 7) is 6.60. The third kappa shape index (κ3) is 4.60. The van der Waals surface area contributed by atoms with Crippen LogP contribution < -0.4 is 10.9 Å². The van der Waals surface area contributed by atoms with Gasteiger partial charge in [-0.1, -0.05) is 41.5 Å². The number of rotatable bonds is 7.